The van der Waals surface area contributed by atoms with Crippen molar-refractivity contribution >= 4 is 29.2 Å². The highest BCUT2D eigenvalue weighted by molar-refractivity contribution is 8.93. The molecule has 0 aromatic carbocycles. The van der Waals surface area contributed by atoms with E-state index in [1.54, 1.807) is 0 Å². The summed E-state index contributed by atoms with van der Waals surface area (Å²) in [5.74, 6) is 2.68. The summed E-state index contributed by atoms with van der Waals surface area (Å²) < 4.78 is 0. The van der Waals surface area contributed by atoms with Crippen molar-refractivity contribution in [1.82, 2.24) is 10.7 Å². The van der Waals surface area contributed by atoms with Gasteiger partial charge in [-0.2, -0.15) is 5.10 Å². The van der Waals surface area contributed by atoms with E-state index in [-0.39, 0.29) is 28.5 Å². The average Bonchev–Trinajstić information content (AvgIpc) is 3.30. The van der Waals surface area contributed by atoms with E-state index in [0.29, 0.717) is 29.1 Å². The molecule has 6 nitrogen and oxygen atoms in total. The minimum Gasteiger partial charge on any atom is -0.393 e. The van der Waals surface area contributed by atoms with Crippen LogP contribution in [0.1, 0.15) is 71.6 Å². The van der Waals surface area contributed by atoms with Crippen LogP contribution in [0.4, 0.5) is 0 Å². The van der Waals surface area contributed by atoms with Crippen molar-refractivity contribution in [3.8, 4) is 0 Å². The fourth-order valence-corrected chi connectivity index (χ4v) is 8.14. The summed E-state index contributed by atoms with van der Waals surface area (Å²) in [6.07, 6.45) is 11.4. The fourth-order valence-electron chi connectivity index (χ4n) is 8.14. The van der Waals surface area contributed by atoms with Crippen molar-refractivity contribution in [3.63, 3.8) is 0 Å². The quantitative estimate of drug-likeness (QED) is 0.359. The SMILES string of the molecule is Br.C[C@]12CC[C@H](O)C[C@H]1CC[C@@H]1[C@@H]2CC[C@]2(C)[C@@H](/C=N/NC3=NCCN3)CC[C@]12O. The first-order valence-corrected chi connectivity index (χ1v) is 11.8. The lowest BCUT2D eigenvalue weighted by atomic mass is 9.43. The molecule has 5 aliphatic rings. The molecule has 0 unspecified atom stereocenters. The predicted octanol–water partition coefficient (Wildman–Crippen LogP) is 3.23. The maximum absolute atomic E-state index is 12.1. The van der Waals surface area contributed by atoms with Crippen molar-refractivity contribution in [2.75, 3.05) is 13.1 Å². The Morgan fingerprint density at radius 2 is 1.93 bits per heavy atom. The van der Waals surface area contributed by atoms with Gasteiger partial charge < -0.3 is 15.5 Å². The Kier molecular flexibility index (Phi) is 6.04. The number of aliphatic hydroxyl groups is 2. The molecule has 4 N–H and O–H groups in total. The summed E-state index contributed by atoms with van der Waals surface area (Å²) >= 11 is 0. The van der Waals surface area contributed by atoms with Gasteiger partial charge in [-0.25, -0.2) is 10.4 Å². The second kappa shape index (κ2) is 8.04. The van der Waals surface area contributed by atoms with Crippen LogP contribution in [0.5, 0.6) is 0 Å². The fraction of sp³-hybridized carbons (Fsp3) is 0.913. The number of aliphatic hydroxyl groups excluding tert-OH is 1. The molecule has 0 aromatic heterocycles. The molecule has 1 heterocycles. The molecule has 0 saturated heterocycles. The van der Waals surface area contributed by atoms with Gasteiger partial charge in [0.25, 0.3) is 0 Å². The number of hydrogen-bond acceptors (Lipinski definition) is 6. The lowest BCUT2D eigenvalue weighted by molar-refractivity contribution is -0.206. The summed E-state index contributed by atoms with van der Waals surface area (Å²) in [6, 6.07) is 0. The number of hydrazone groups is 1. The maximum Gasteiger partial charge on any atom is 0.212 e. The first-order valence-electron chi connectivity index (χ1n) is 11.8. The van der Waals surface area contributed by atoms with Crippen LogP contribution in [0.3, 0.4) is 0 Å². The monoisotopic (exact) mass is 482 g/mol. The highest BCUT2D eigenvalue weighted by Crippen LogP contribution is 2.68. The number of guanidine groups is 1. The first kappa shape index (κ1) is 22.5. The zero-order chi connectivity index (χ0) is 20.3. The van der Waals surface area contributed by atoms with Crippen LogP contribution in [-0.2, 0) is 0 Å². The minimum atomic E-state index is -0.584. The number of hydrogen-bond donors (Lipinski definition) is 4. The van der Waals surface area contributed by atoms with Crippen LogP contribution in [0.25, 0.3) is 0 Å². The second-order valence-electron chi connectivity index (χ2n) is 11.0. The lowest BCUT2D eigenvalue weighted by Gasteiger charge is -2.63. The molecule has 4 aliphatic carbocycles. The molecule has 1 aliphatic heterocycles. The highest BCUT2D eigenvalue weighted by Gasteiger charge is 2.66. The van der Waals surface area contributed by atoms with E-state index in [4.69, 9.17) is 0 Å². The second-order valence-corrected chi connectivity index (χ2v) is 11.0. The van der Waals surface area contributed by atoms with Crippen LogP contribution in [0, 0.1) is 34.5 Å². The Morgan fingerprint density at radius 1 is 1.10 bits per heavy atom. The van der Waals surface area contributed by atoms with Gasteiger partial charge in [-0.05, 0) is 81.0 Å². The standard InChI is InChI=1S/C23H38N4O2.BrH/c1-21-8-6-17(28)13-15(21)3-4-19-18(21)7-9-22(2)16(5-10-23(19,22)29)14-26-27-20-24-11-12-25-20;/h14-19,28-29H,3-13H2,1-2H3,(H2,24,25,27);1H/b26-14+;/t15-,16-,17+,18+,19-,21+,22-,23+;/m1./s1. The van der Waals surface area contributed by atoms with E-state index in [1.807, 2.05) is 6.21 Å². The molecule has 0 spiro atoms. The summed E-state index contributed by atoms with van der Waals surface area (Å²) in [4.78, 5) is 4.33. The molecule has 170 valence electrons. The Labute approximate surface area is 191 Å². The molecule has 8 atom stereocenters. The Hall–Kier alpha value is -0.660. The van der Waals surface area contributed by atoms with Gasteiger partial charge in [-0.1, -0.05) is 13.8 Å². The zero-order valence-corrected chi connectivity index (χ0v) is 20.2. The molecule has 0 radical (unpaired) electrons. The van der Waals surface area contributed by atoms with Gasteiger partial charge in [0.15, 0.2) is 0 Å². The molecule has 4 saturated carbocycles. The highest BCUT2D eigenvalue weighted by atomic mass is 79.9. The minimum absolute atomic E-state index is 0. The van der Waals surface area contributed by atoms with Crippen molar-refractivity contribution in [2.24, 2.45) is 44.6 Å². The summed E-state index contributed by atoms with van der Waals surface area (Å²) in [5.41, 5.74) is 2.65. The first-order chi connectivity index (χ1) is 13.9. The summed E-state index contributed by atoms with van der Waals surface area (Å²) in [5, 5.41) is 30.0. The van der Waals surface area contributed by atoms with Gasteiger partial charge in [0.05, 0.1) is 18.2 Å². The molecule has 0 bridgehead atoms. The molecule has 0 amide bonds. The van der Waals surface area contributed by atoms with Crippen LogP contribution < -0.4 is 10.7 Å². The summed E-state index contributed by atoms with van der Waals surface area (Å²) in [7, 11) is 0. The van der Waals surface area contributed by atoms with Gasteiger partial charge in [0, 0.05) is 24.1 Å². The number of fused-ring (bicyclic) bond motifs is 5. The van der Waals surface area contributed by atoms with Gasteiger partial charge in [-0.15, -0.1) is 17.0 Å². The van der Waals surface area contributed by atoms with Gasteiger partial charge in [0.2, 0.25) is 5.96 Å². The smallest absolute Gasteiger partial charge is 0.212 e. The van der Waals surface area contributed by atoms with E-state index < -0.39 is 5.60 Å². The molecule has 30 heavy (non-hydrogen) atoms. The summed E-state index contributed by atoms with van der Waals surface area (Å²) in [6.45, 7) is 6.47. The topological polar surface area (TPSA) is 89.2 Å². The number of rotatable bonds is 2. The number of nitrogens with one attached hydrogen (secondary N) is 2. The maximum atomic E-state index is 12.1. The van der Waals surface area contributed by atoms with E-state index in [2.05, 4.69) is 34.7 Å². The van der Waals surface area contributed by atoms with E-state index in [9.17, 15) is 10.2 Å². The Morgan fingerprint density at radius 3 is 2.70 bits per heavy atom. The van der Waals surface area contributed by atoms with Crippen LogP contribution in [0.15, 0.2) is 10.1 Å². The lowest BCUT2D eigenvalue weighted by Crippen LogP contribution is -2.62. The van der Waals surface area contributed by atoms with Crippen LogP contribution in [0.2, 0.25) is 0 Å². The zero-order valence-electron chi connectivity index (χ0n) is 18.4. The van der Waals surface area contributed by atoms with Crippen LogP contribution >= 0.6 is 17.0 Å². The molecule has 7 heteroatoms. The number of nitrogens with zero attached hydrogens (tertiary/aromatic N) is 2. The van der Waals surface area contributed by atoms with Gasteiger partial charge in [-0.3, -0.25) is 0 Å². The molecular formula is C23H39BrN4O2. The third-order valence-corrected chi connectivity index (χ3v) is 10.00. The van der Waals surface area contributed by atoms with E-state index in [1.165, 1.54) is 12.8 Å². The Bertz CT molecular complexity index is 717. The van der Waals surface area contributed by atoms with Gasteiger partial charge >= 0.3 is 0 Å². The van der Waals surface area contributed by atoms with Crippen LogP contribution in [-0.4, -0.2) is 47.2 Å². The third kappa shape index (κ3) is 3.25. The van der Waals surface area contributed by atoms with E-state index in [0.717, 1.165) is 64.0 Å². The third-order valence-electron chi connectivity index (χ3n) is 10.00. The normalized spacial score (nSPS) is 50.0. The number of halogens is 1. The molecule has 4 fully saturated rings. The molecular weight excluding hydrogens is 444 g/mol. The van der Waals surface area contributed by atoms with Crippen molar-refractivity contribution in [3.05, 3.63) is 0 Å². The van der Waals surface area contributed by atoms with Crippen molar-refractivity contribution in [1.29, 1.82) is 0 Å². The molecule has 5 rings (SSSR count). The number of aliphatic imine (C=N–C) groups is 1. The van der Waals surface area contributed by atoms with Crippen molar-refractivity contribution in [2.45, 2.75) is 83.3 Å². The predicted molar refractivity (Wildman–Crippen MR) is 125 cm³/mol. The largest absolute Gasteiger partial charge is 0.393 e. The van der Waals surface area contributed by atoms with Gasteiger partial charge in [0.1, 0.15) is 0 Å². The molecule has 0 aromatic rings. The van der Waals surface area contributed by atoms with Crippen molar-refractivity contribution < 1.29 is 10.2 Å². The Balaban J connectivity index is 0.00000218. The van der Waals surface area contributed by atoms with E-state index >= 15 is 0 Å². The average molecular weight is 483 g/mol.